The summed E-state index contributed by atoms with van der Waals surface area (Å²) in [5.41, 5.74) is 14.2. The zero-order chi connectivity index (χ0) is 17.1. The molecular formula is C17H22N6O. The number of nitrogens with zero attached hydrogens (tertiary/aromatic N) is 4. The Labute approximate surface area is 140 Å². The molecule has 0 saturated carbocycles. The van der Waals surface area contributed by atoms with Crippen molar-refractivity contribution in [3.05, 3.63) is 47.2 Å². The molecule has 3 aromatic rings. The highest BCUT2D eigenvalue weighted by atomic mass is 16.5. The van der Waals surface area contributed by atoms with Gasteiger partial charge in [-0.25, -0.2) is 14.6 Å². The number of imidazole rings is 1. The first-order chi connectivity index (χ1) is 11.6. The molecule has 0 aliphatic rings. The Morgan fingerprint density at radius 3 is 2.83 bits per heavy atom. The molecule has 0 radical (unpaired) electrons. The van der Waals surface area contributed by atoms with Gasteiger partial charge in [-0.15, -0.1) is 0 Å². The van der Waals surface area contributed by atoms with Crippen molar-refractivity contribution in [3.63, 3.8) is 0 Å². The Morgan fingerprint density at radius 1 is 1.29 bits per heavy atom. The molecule has 0 aliphatic heterocycles. The van der Waals surface area contributed by atoms with E-state index < -0.39 is 0 Å². The number of hydrogen-bond donors (Lipinski definition) is 2. The van der Waals surface area contributed by atoms with Gasteiger partial charge in [-0.3, -0.25) is 4.98 Å². The maximum Gasteiger partial charge on any atom is 0.154 e. The summed E-state index contributed by atoms with van der Waals surface area (Å²) >= 11 is 0. The lowest BCUT2D eigenvalue weighted by molar-refractivity contribution is 0.127. The summed E-state index contributed by atoms with van der Waals surface area (Å²) in [7, 11) is 0. The van der Waals surface area contributed by atoms with E-state index in [9.17, 15) is 0 Å². The van der Waals surface area contributed by atoms with Gasteiger partial charge in [0.1, 0.15) is 12.1 Å². The van der Waals surface area contributed by atoms with Crippen molar-refractivity contribution < 1.29 is 4.74 Å². The molecule has 0 spiro atoms. The number of nitrogens with two attached hydrogens (primary N) is 1. The van der Waals surface area contributed by atoms with Crippen LogP contribution in [0, 0.1) is 13.8 Å². The van der Waals surface area contributed by atoms with Crippen LogP contribution in [-0.2, 0) is 17.9 Å². The lowest BCUT2D eigenvalue weighted by Gasteiger charge is -2.14. The molecule has 0 aromatic carbocycles. The predicted molar refractivity (Wildman–Crippen MR) is 94.0 cm³/mol. The van der Waals surface area contributed by atoms with Crippen LogP contribution in [0.25, 0.3) is 11.0 Å². The molecule has 0 atom stereocenters. The fourth-order valence-corrected chi connectivity index (χ4v) is 2.61. The van der Waals surface area contributed by atoms with Gasteiger partial charge in [-0.1, -0.05) is 6.07 Å². The molecule has 3 heterocycles. The van der Waals surface area contributed by atoms with E-state index in [4.69, 9.17) is 10.5 Å². The van der Waals surface area contributed by atoms with Gasteiger partial charge in [0.2, 0.25) is 0 Å². The Morgan fingerprint density at radius 2 is 2.12 bits per heavy atom. The van der Waals surface area contributed by atoms with Gasteiger partial charge in [0.15, 0.2) is 11.6 Å². The first-order valence-corrected chi connectivity index (χ1v) is 7.96. The van der Waals surface area contributed by atoms with E-state index in [1.807, 2.05) is 43.8 Å². The fraction of sp³-hybridized carbons (Fsp3) is 0.353. The second-order valence-corrected chi connectivity index (χ2v) is 5.60. The SMILES string of the molecule is CCOCc1nc2c(N)nc(C)c(C)c2n1NCc1cccnc1. The van der Waals surface area contributed by atoms with E-state index in [2.05, 4.69) is 20.4 Å². The number of rotatable bonds is 6. The van der Waals surface area contributed by atoms with Crippen molar-refractivity contribution >= 4 is 16.9 Å². The number of hydrogen-bond acceptors (Lipinski definition) is 6. The molecule has 0 amide bonds. The Bertz CT molecular complexity index is 843. The van der Waals surface area contributed by atoms with E-state index in [1.54, 1.807) is 6.20 Å². The molecule has 7 nitrogen and oxygen atoms in total. The highest BCUT2D eigenvalue weighted by molar-refractivity contribution is 5.88. The Kier molecular flexibility index (Phi) is 4.61. The third-order valence-corrected chi connectivity index (χ3v) is 3.97. The zero-order valence-electron chi connectivity index (χ0n) is 14.2. The molecule has 3 aromatic heterocycles. The minimum Gasteiger partial charge on any atom is -0.382 e. The zero-order valence-corrected chi connectivity index (χ0v) is 14.2. The summed E-state index contributed by atoms with van der Waals surface area (Å²) in [5, 5.41) is 0. The van der Waals surface area contributed by atoms with Gasteiger partial charge in [0.05, 0.1) is 12.1 Å². The molecule has 0 unspecified atom stereocenters. The smallest absolute Gasteiger partial charge is 0.154 e. The molecule has 7 heteroatoms. The van der Waals surface area contributed by atoms with Crippen LogP contribution in [0.2, 0.25) is 0 Å². The minimum atomic E-state index is 0.406. The van der Waals surface area contributed by atoms with Crippen molar-refractivity contribution in [1.29, 1.82) is 0 Å². The molecule has 24 heavy (non-hydrogen) atoms. The van der Waals surface area contributed by atoms with Crippen LogP contribution in [0.3, 0.4) is 0 Å². The van der Waals surface area contributed by atoms with Gasteiger partial charge in [0, 0.05) is 24.7 Å². The lowest BCUT2D eigenvalue weighted by Crippen LogP contribution is -2.18. The van der Waals surface area contributed by atoms with Crippen LogP contribution < -0.4 is 11.2 Å². The number of ether oxygens (including phenoxy) is 1. The second-order valence-electron chi connectivity index (χ2n) is 5.60. The monoisotopic (exact) mass is 326 g/mol. The molecule has 3 N–H and O–H groups in total. The number of nitrogen functional groups attached to an aromatic ring is 1. The number of pyridine rings is 2. The number of aromatic nitrogens is 4. The summed E-state index contributed by atoms with van der Waals surface area (Å²) in [5.74, 6) is 1.21. The Hall–Kier alpha value is -2.67. The first kappa shape index (κ1) is 16.2. The highest BCUT2D eigenvalue weighted by Crippen LogP contribution is 2.25. The number of anilines is 1. The maximum absolute atomic E-state index is 6.08. The average Bonchev–Trinajstić information content (AvgIpc) is 2.96. The number of nitrogens with one attached hydrogen (secondary N) is 1. The van der Waals surface area contributed by atoms with Crippen molar-refractivity contribution in [2.45, 2.75) is 33.9 Å². The average molecular weight is 326 g/mol. The molecule has 0 saturated heterocycles. The van der Waals surface area contributed by atoms with E-state index in [0.717, 1.165) is 28.2 Å². The van der Waals surface area contributed by atoms with E-state index >= 15 is 0 Å². The molecule has 3 rings (SSSR count). The van der Waals surface area contributed by atoms with Gasteiger partial charge in [-0.2, -0.15) is 0 Å². The van der Waals surface area contributed by atoms with Crippen molar-refractivity contribution in [2.24, 2.45) is 0 Å². The van der Waals surface area contributed by atoms with Crippen LogP contribution >= 0.6 is 0 Å². The fourth-order valence-electron chi connectivity index (χ4n) is 2.61. The summed E-state index contributed by atoms with van der Waals surface area (Å²) in [4.78, 5) is 13.2. The largest absolute Gasteiger partial charge is 0.382 e. The molecule has 0 aliphatic carbocycles. The summed E-state index contributed by atoms with van der Waals surface area (Å²) in [6.45, 7) is 7.59. The normalized spacial score (nSPS) is 11.1. The summed E-state index contributed by atoms with van der Waals surface area (Å²) in [6.07, 6.45) is 3.60. The second kappa shape index (κ2) is 6.84. The highest BCUT2D eigenvalue weighted by Gasteiger charge is 2.17. The van der Waals surface area contributed by atoms with E-state index in [0.29, 0.717) is 31.1 Å². The topological polar surface area (TPSA) is 90.9 Å². The van der Waals surface area contributed by atoms with E-state index in [-0.39, 0.29) is 0 Å². The quantitative estimate of drug-likeness (QED) is 0.722. The minimum absolute atomic E-state index is 0.406. The van der Waals surface area contributed by atoms with Crippen molar-refractivity contribution in [3.8, 4) is 0 Å². The van der Waals surface area contributed by atoms with Crippen molar-refractivity contribution in [2.75, 3.05) is 17.8 Å². The maximum atomic E-state index is 6.08. The van der Waals surface area contributed by atoms with Crippen LogP contribution in [-0.4, -0.2) is 26.2 Å². The van der Waals surface area contributed by atoms with Crippen LogP contribution in [0.15, 0.2) is 24.5 Å². The molecule has 0 bridgehead atoms. The molecule has 126 valence electrons. The molecule has 0 fully saturated rings. The first-order valence-electron chi connectivity index (χ1n) is 7.96. The van der Waals surface area contributed by atoms with Crippen LogP contribution in [0.4, 0.5) is 5.82 Å². The van der Waals surface area contributed by atoms with Gasteiger partial charge in [-0.05, 0) is 38.0 Å². The van der Waals surface area contributed by atoms with Crippen molar-refractivity contribution in [1.82, 2.24) is 19.6 Å². The standard InChI is InChI=1S/C17H22N6O/c1-4-24-10-14-22-15-16(11(2)12(3)21-17(15)18)23(14)20-9-13-6-5-7-19-8-13/h5-8,20H,4,9-10H2,1-3H3,(H2,18,21). The summed E-state index contributed by atoms with van der Waals surface area (Å²) in [6, 6.07) is 3.94. The summed E-state index contributed by atoms with van der Waals surface area (Å²) < 4.78 is 7.51. The molecular weight excluding hydrogens is 304 g/mol. The van der Waals surface area contributed by atoms with E-state index in [1.165, 1.54) is 0 Å². The van der Waals surface area contributed by atoms with Gasteiger partial charge in [0.25, 0.3) is 0 Å². The number of fused-ring (bicyclic) bond motifs is 1. The predicted octanol–water partition coefficient (Wildman–Crippen LogP) is 2.31. The van der Waals surface area contributed by atoms with Crippen LogP contribution in [0.1, 0.15) is 29.6 Å². The lowest BCUT2D eigenvalue weighted by atomic mass is 10.2. The number of aryl methyl sites for hydroxylation is 2. The van der Waals surface area contributed by atoms with Gasteiger partial charge >= 0.3 is 0 Å². The van der Waals surface area contributed by atoms with Gasteiger partial charge < -0.3 is 15.9 Å². The Balaban J connectivity index is 2.04. The third kappa shape index (κ3) is 3.03. The third-order valence-electron chi connectivity index (χ3n) is 3.97. The van der Waals surface area contributed by atoms with Crippen LogP contribution in [0.5, 0.6) is 0 Å².